The Kier molecular flexibility index (Phi) is 3.43. The maximum Gasteiger partial charge on any atom is 0.435 e. The lowest BCUT2D eigenvalue weighted by molar-refractivity contribution is -0.143. The molecule has 0 radical (unpaired) electrons. The number of methoxy groups -OCH3 is 1. The molecule has 1 heterocycles. The van der Waals surface area contributed by atoms with Gasteiger partial charge in [0.15, 0.2) is 5.69 Å². The summed E-state index contributed by atoms with van der Waals surface area (Å²) in [6.07, 6.45) is -4.65. The standard InChI is InChI=1S/C11H10F3N3O2/c1-19-8-4-2-7(3-5-8)17-10(11(12,13)14)9(6-18)15-16-17/h2-5,18H,6H2,1H3. The fourth-order valence-electron chi connectivity index (χ4n) is 1.61. The van der Waals surface area contributed by atoms with Gasteiger partial charge in [0.25, 0.3) is 0 Å². The quantitative estimate of drug-likeness (QED) is 0.926. The van der Waals surface area contributed by atoms with Crippen molar-refractivity contribution >= 4 is 0 Å². The zero-order valence-corrected chi connectivity index (χ0v) is 9.85. The highest BCUT2D eigenvalue weighted by atomic mass is 19.4. The number of hydrogen-bond acceptors (Lipinski definition) is 4. The van der Waals surface area contributed by atoms with Crippen LogP contribution in [0.2, 0.25) is 0 Å². The van der Waals surface area contributed by atoms with Gasteiger partial charge >= 0.3 is 6.18 Å². The van der Waals surface area contributed by atoms with E-state index in [9.17, 15) is 13.2 Å². The third kappa shape index (κ3) is 2.53. The Morgan fingerprint density at radius 2 is 1.89 bits per heavy atom. The molecule has 0 fully saturated rings. The van der Waals surface area contributed by atoms with Gasteiger partial charge in [-0.15, -0.1) is 5.10 Å². The van der Waals surface area contributed by atoms with Gasteiger partial charge in [-0.25, -0.2) is 4.68 Å². The molecule has 1 aromatic carbocycles. The number of benzene rings is 1. The predicted octanol–water partition coefficient (Wildman–Crippen LogP) is 1.79. The molecule has 0 saturated carbocycles. The molecule has 2 aromatic rings. The SMILES string of the molecule is COc1ccc(-n2nnc(CO)c2C(F)(F)F)cc1. The van der Waals surface area contributed by atoms with Crippen LogP contribution in [0.1, 0.15) is 11.4 Å². The molecule has 0 amide bonds. The van der Waals surface area contributed by atoms with Crippen LogP contribution in [0.25, 0.3) is 5.69 Å². The van der Waals surface area contributed by atoms with Crippen LogP contribution in [0.15, 0.2) is 24.3 Å². The molecule has 0 spiro atoms. The minimum absolute atomic E-state index is 0.181. The van der Waals surface area contributed by atoms with E-state index in [1.165, 1.54) is 31.4 Å². The van der Waals surface area contributed by atoms with Gasteiger partial charge < -0.3 is 9.84 Å². The fraction of sp³-hybridized carbons (Fsp3) is 0.273. The van der Waals surface area contributed by atoms with Crippen LogP contribution in [-0.4, -0.2) is 27.2 Å². The van der Waals surface area contributed by atoms with E-state index >= 15 is 0 Å². The molecule has 2 rings (SSSR count). The highest BCUT2D eigenvalue weighted by molar-refractivity contribution is 5.38. The largest absolute Gasteiger partial charge is 0.497 e. The zero-order valence-electron chi connectivity index (χ0n) is 9.85. The van der Waals surface area contributed by atoms with Crippen molar-refractivity contribution in [3.05, 3.63) is 35.7 Å². The first-order valence-corrected chi connectivity index (χ1v) is 5.24. The number of aliphatic hydroxyl groups is 1. The summed E-state index contributed by atoms with van der Waals surface area (Å²) in [5.74, 6) is 0.514. The molecular weight excluding hydrogens is 263 g/mol. The highest BCUT2D eigenvalue weighted by Crippen LogP contribution is 2.32. The van der Waals surface area contributed by atoms with Crippen LogP contribution in [0.4, 0.5) is 13.2 Å². The molecule has 19 heavy (non-hydrogen) atoms. The summed E-state index contributed by atoms with van der Waals surface area (Å²) in [4.78, 5) is 0. The number of aliphatic hydroxyl groups excluding tert-OH is 1. The Bertz CT molecular complexity index is 564. The molecule has 0 aliphatic heterocycles. The third-order valence-electron chi connectivity index (χ3n) is 2.48. The summed E-state index contributed by atoms with van der Waals surface area (Å²) in [5, 5.41) is 15.6. The normalized spacial score (nSPS) is 11.6. The summed E-state index contributed by atoms with van der Waals surface area (Å²) in [6.45, 7) is -0.828. The van der Waals surface area contributed by atoms with Crippen molar-refractivity contribution in [3.8, 4) is 11.4 Å². The van der Waals surface area contributed by atoms with Crippen molar-refractivity contribution in [1.82, 2.24) is 15.0 Å². The minimum atomic E-state index is -4.65. The van der Waals surface area contributed by atoms with Crippen LogP contribution < -0.4 is 4.74 Å². The third-order valence-corrected chi connectivity index (χ3v) is 2.48. The summed E-state index contributed by atoms with van der Waals surface area (Å²) < 4.78 is 44.3. The molecular formula is C11H10F3N3O2. The molecule has 5 nitrogen and oxygen atoms in total. The van der Waals surface area contributed by atoms with Crippen molar-refractivity contribution in [2.45, 2.75) is 12.8 Å². The van der Waals surface area contributed by atoms with Crippen molar-refractivity contribution in [2.75, 3.05) is 7.11 Å². The number of rotatable bonds is 3. The summed E-state index contributed by atoms with van der Waals surface area (Å²) in [7, 11) is 1.45. The Hall–Kier alpha value is -2.09. The zero-order chi connectivity index (χ0) is 14.0. The lowest BCUT2D eigenvalue weighted by Crippen LogP contribution is -2.15. The first-order chi connectivity index (χ1) is 8.97. The molecule has 102 valence electrons. The molecule has 0 bridgehead atoms. The molecule has 0 aliphatic rings. The summed E-state index contributed by atoms with van der Waals surface area (Å²) in [6, 6.07) is 5.86. The Labute approximate surface area is 106 Å². The smallest absolute Gasteiger partial charge is 0.435 e. The van der Waals surface area contributed by atoms with Crippen molar-refractivity contribution in [2.24, 2.45) is 0 Å². The van der Waals surface area contributed by atoms with E-state index in [-0.39, 0.29) is 5.69 Å². The van der Waals surface area contributed by atoms with Crippen molar-refractivity contribution < 1.29 is 23.0 Å². The Morgan fingerprint density at radius 3 is 2.37 bits per heavy atom. The lowest BCUT2D eigenvalue weighted by atomic mass is 10.2. The number of nitrogens with zero attached hydrogens (tertiary/aromatic N) is 3. The van der Waals surface area contributed by atoms with Gasteiger partial charge in [0.2, 0.25) is 0 Å². The first-order valence-electron chi connectivity index (χ1n) is 5.24. The number of aromatic nitrogens is 3. The van der Waals surface area contributed by atoms with Gasteiger partial charge in [0.1, 0.15) is 11.4 Å². The molecule has 1 N–H and O–H groups in total. The molecule has 0 saturated heterocycles. The Balaban J connectivity index is 2.52. The van der Waals surface area contributed by atoms with Crippen LogP contribution in [0.5, 0.6) is 5.75 Å². The van der Waals surface area contributed by atoms with E-state index in [4.69, 9.17) is 9.84 Å². The molecule has 0 unspecified atom stereocenters. The maximum absolute atomic E-state index is 12.9. The van der Waals surface area contributed by atoms with E-state index < -0.39 is 24.2 Å². The molecule has 0 atom stereocenters. The van der Waals surface area contributed by atoms with Gasteiger partial charge in [-0.3, -0.25) is 0 Å². The van der Waals surface area contributed by atoms with E-state index in [2.05, 4.69) is 10.3 Å². The van der Waals surface area contributed by atoms with Crippen LogP contribution in [-0.2, 0) is 12.8 Å². The average Bonchev–Trinajstić information content (AvgIpc) is 2.82. The molecule has 0 aliphatic carbocycles. The van der Waals surface area contributed by atoms with Crippen LogP contribution in [0, 0.1) is 0 Å². The number of alkyl halides is 3. The Morgan fingerprint density at radius 1 is 1.26 bits per heavy atom. The van der Waals surface area contributed by atoms with Gasteiger partial charge in [0, 0.05) is 0 Å². The van der Waals surface area contributed by atoms with E-state index in [1.807, 2.05) is 0 Å². The minimum Gasteiger partial charge on any atom is -0.497 e. The van der Waals surface area contributed by atoms with Crippen LogP contribution in [0.3, 0.4) is 0 Å². The van der Waals surface area contributed by atoms with Gasteiger partial charge in [-0.05, 0) is 24.3 Å². The monoisotopic (exact) mass is 273 g/mol. The number of ether oxygens (including phenoxy) is 1. The predicted molar refractivity (Wildman–Crippen MR) is 58.8 cm³/mol. The van der Waals surface area contributed by atoms with Crippen LogP contribution >= 0.6 is 0 Å². The second-order valence-electron chi connectivity index (χ2n) is 3.65. The number of halogens is 3. The average molecular weight is 273 g/mol. The van der Waals surface area contributed by atoms with E-state index in [0.29, 0.717) is 10.4 Å². The first kappa shape index (κ1) is 13.3. The maximum atomic E-state index is 12.9. The van der Waals surface area contributed by atoms with Crippen molar-refractivity contribution in [3.63, 3.8) is 0 Å². The van der Waals surface area contributed by atoms with Gasteiger partial charge in [-0.2, -0.15) is 13.2 Å². The second-order valence-corrected chi connectivity index (χ2v) is 3.65. The van der Waals surface area contributed by atoms with Gasteiger partial charge in [0.05, 0.1) is 19.4 Å². The molecule has 8 heteroatoms. The highest BCUT2D eigenvalue weighted by Gasteiger charge is 2.39. The second kappa shape index (κ2) is 4.88. The summed E-state index contributed by atoms with van der Waals surface area (Å²) >= 11 is 0. The van der Waals surface area contributed by atoms with E-state index in [0.717, 1.165) is 0 Å². The van der Waals surface area contributed by atoms with E-state index in [1.54, 1.807) is 0 Å². The lowest BCUT2D eigenvalue weighted by Gasteiger charge is -2.10. The molecule has 1 aromatic heterocycles. The van der Waals surface area contributed by atoms with Gasteiger partial charge in [-0.1, -0.05) is 5.21 Å². The topological polar surface area (TPSA) is 60.2 Å². The fourth-order valence-corrected chi connectivity index (χ4v) is 1.61. The number of hydrogen-bond donors (Lipinski definition) is 1. The summed E-state index contributed by atoms with van der Waals surface area (Å²) in [5.41, 5.74) is -1.41. The van der Waals surface area contributed by atoms with Crippen molar-refractivity contribution in [1.29, 1.82) is 0 Å².